The van der Waals surface area contributed by atoms with Crippen molar-refractivity contribution in [3.63, 3.8) is 0 Å². The van der Waals surface area contributed by atoms with Crippen LogP contribution in [0, 0.1) is 6.92 Å². The van der Waals surface area contributed by atoms with Crippen LogP contribution in [0.25, 0.3) is 11.6 Å². The minimum atomic E-state index is -0.875. The van der Waals surface area contributed by atoms with Gasteiger partial charge in [-0.1, -0.05) is 42.3 Å². The third-order valence-corrected chi connectivity index (χ3v) is 7.20. The molecule has 2 heterocycles. The first-order valence-corrected chi connectivity index (χ1v) is 12.2. The second-order valence-electron chi connectivity index (χ2n) is 9.39. The lowest BCUT2D eigenvalue weighted by atomic mass is 9.86. The van der Waals surface area contributed by atoms with Gasteiger partial charge >= 0.3 is 6.03 Å². The molecule has 4 rings (SSSR count). The summed E-state index contributed by atoms with van der Waals surface area (Å²) in [6.45, 7) is 11.5. The third-order valence-electron chi connectivity index (χ3n) is 6.39. The van der Waals surface area contributed by atoms with Gasteiger partial charge in [0.2, 0.25) is 0 Å². The van der Waals surface area contributed by atoms with Crippen molar-refractivity contribution in [1.82, 2.24) is 5.32 Å². The van der Waals surface area contributed by atoms with Gasteiger partial charge in [-0.15, -0.1) is 0 Å². The number of carbonyl (C=O) groups is 3. The maximum absolute atomic E-state index is 13.4. The number of hydrogen-bond acceptors (Lipinski definition) is 4. The van der Waals surface area contributed by atoms with Crippen LogP contribution in [0.1, 0.15) is 50.8 Å². The van der Waals surface area contributed by atoms with Crippen LogP contribution in [0.15, 0.2) is 42.0 Å². The van der Waals surface area contributed by atoms with Crippen molar-refractivity contribution >= 4 is 64.1 Å². The highest BCUT2D eigenvalue weighted by Crippen LogP contribution is 2.41. The molecule has 2 aromatic carbocycles. The fraction of sp³-hybridized carbons (Fsp3) is 0.296. The molecule has 1 N–H and O–H groups in total. The number of hydrogen-bond donors (Lipinski definition) is 1. The van der Waals surface area contributed by atoms with Crippen LogP contribution in [0.4, 0.5) is 16.2 Å². The molecule has 4 amide bonds. The molecule has 0 saturated carbocycles. The Hall–Kier alpha value is -3.09. The Morgan fingerprint density at radius 1 is 1.06 bits per heavy atom. The Morgan fingerprint density at radius 2 is 1.77 bits per heavy atom. The van der Waals surface area contributed by atoms with Gasteiger partial charge in [-0.2, -0.15) is 0 Å². The minimum absolute atomic E-state index is 0.0516. The van der Waals surface area contributed by atoms with E-state index in [1.54, 1.807) is 12.1 Å². The van der Waals surface area contributed by atoms with Crippen LogP contribution >= 0.6 is 23.2 Å². The molecule has 35 heavy (non-hydrogen) atoms. The monoisotopic (exact) mass is 511 g/mol. The fourth-order valence-electron chi connectivity index (χ4n) is 4.73. The zero-order valence-corrected chi connectivity index (χ0v) is 21.8. The molecule has 0 unspecified atom stereocenters. The normalized spacial score (nSPS) is 18.5. The number of anilines is 2. The summed E-state index contributed by atoms with van der Waals surface area (Å²) in [5, 5.41) is 2.48. The average Bonchev–Trinajstić information content (AvgIpc) is 2.77. The summed E-state index contributed by atoms with van der Waals surface area (Å²) in [4.78, 5) is 41.8. The SMILES string of the molecule is CCCN1c2cc(C)c(/C=C3/C(=O)NC(=O)N(c4cccc(Cl)c4Cl)C3=O)cc2C(C)=CC1(C)C. The zero-order chi connectivity index (χ0) is 25.7. The smallest absolute Gasteiger partial charge is 0.336 e. The number of carbonyl (C=O) groups excluding carboxylic acids is 3. The van der Waals surface area contributed by atoms with E-state index >= 15 is 0 Å². The first-order valence-electron chi connectivity index (χ1n) is 11.4. The molecule has 0 radical (unpaired) electrons. The number of aryl methyl sites for hydroxylation is 1. The lowest BCUT2D eigenvalue weighted by molar-refractivity contribution is -0.122. The molecular weight excluding hydrogens is 485 g/mol. The van der Waals surface area contributed by atoms with E-state index in [0.717, 1.165) is 45.8 Å². The molecule has 2 aliphatic rings. The molecule has 0 aromatic heterocycles. The molecule has 6 nitrogen and oxygen atoms in total. The maximum Gasteiger partial charge on any atom is 0.336 e. The minimum Gasteiger partial charge on any atom is -0.362 e. The van der Waals surface area contributed by atoms with Gasteiger partial charge in [-0.3, -0.25) is 14.9 Å². The number of amides is 4. The number of imide groups is 2. The molecule has 0 atom stereocenters. The van der Waals surface area contributed by atoms with Gasteiger partial charge in [0.15, 0.2) is 0 Å². The summed E-state index contributed by atoms with van der Waals surface area (Å²) in [6.07, 6.45) is 4.77. The number of nitrogens with one attached hydrogen (secondary N) is 1. The Morgan fingerprint density at radius 3 is 2.46 bits per heavy atom. The molecule has 0 bridgehead atoms. The van der Waals surface area contributed by atoms with Crippen molar-refractivity contribution < 1.29 is 14.4 Å². The van der Waals surface area contributed by atoms with Crippen molar-refractivity contribution in [3.05, 3.63) is 68.7 Å². The summed E-state index contributed by atoms with van der Waals surface area (Å²) in [6, 6.07) is 7.85. The van der Waals surface area contributed by atoms with E-state index in [1.165, 1.54) is 12.1 Å². The van der Waals surface area contributed by atoms with Crippen molar-refractivity contribution in [1.29, 1.82) is 0 Å². The summed E-state index contributed by atoms with van der Waals surface area (Å²) in [7, 11) is 0. The maximum atomic E-state index is 13.4. The highest BCUT2D eigenvalue weighted by molar-refractivity contribution is 6.46. The number of rotatable bonds is 4. The lowest BCUT2D eigenvalue weighted by Gasteiger charge is -2.43. The van der Waals surface area contributed by atoms with Crippen LogP contribution in [-0.4, -0.2) is 29.9 Å². The highest BCUT2D eigenvalue weighted by atomic mass is 35.5. The summed E-state index contributed by atoms with van der Waals surface area (Å²) in [5.41, 5.74) is 4.74. The average molecular weight is 512 g/mol. The largest absolute Gasteiger partial charge is 0.362 e. The van der Waals surface area contributed by atoms with E-state index in [9.17, 15) is 14.4 Å². The molecule has 0 aliphatic carbocycles. The predicted octanol–water partition coefficient (Wildman–Crippen LogP) is 6.38. The standard InChI is InChI=1S/C27H27Cl2N3O3/c1-6-10-31-22-11-15(2)17(12-18(22)16(3)14-27(31,4)5)13-19-24(33)30-26(35)32(25(19)34)21-9-7-8-20(28)23(21)29/h7-9,11-14H,6,10H2,1-5H3,(H,30,33,35)/b19-13-. The van der Waals surface area contributed by atoms with Crippen molar-refractivity contribution in [2.75, 3.05) is 16.3 Å². The zero-order valence-electron chi connectivity index (χ0n) is 20.3. The van der Waals surface area contributed by atoms with Crippen LogP contribution in [-0.2, 0) is 9.59 Å². The van der Waals surface area contributed by atoms with Gasteiger partial charge in [0.1, 0.15) is 5.57 Å². The molecule has 182 valence electrons. The van der Waals surface area contributed by atoms with Gasteiger partial charge in [0.05, 0.1) is 21.3 Å². The lowest BCUT2D eigenvalue weighted by Crippen LogP contribution is -2.54. The Kier molecular flexibility index (Phi) is 6.56. The summed E-state index contributed by atoms with van der Waals surface area (Å²) < 4.78 is 0. The molecule has 2 aliphatic heterocycles. The number of allylic oxidation sites excluding steroid dienone is 1. The number of nitrogens with zero attached hydrogens (tertiary/aromatic N) is 2. The first-order chi connectivity index (χ1) is 16.5. The molecule has 0 spiro atoms. The second-order valence-corrected chi connectivity index (χ2v) is 10.2. The van der Waals surface area contributed by atoms with Crippen LogP contribution < -0.4 is 15.1 Å². The Bertz CT molecular complexity index is 1330. The van der Waals surface area contributed by atoms with Crippen molar-refractivity contribution in [2.24, 2.45) is 0 Å². The van der Waals surface area contributed by atoms with Crippen LogP contribution in [0.2, 0.25) is 10.0 Å². The number of barbiturate groups is 1. The highest BCUT2D eigenvalue weighted by Gasteiger charge is 2.38. The number of benzene rings is 2. The quantitative estimate of drug-likeness (QED) is 0.381. The number of halogens is 2. The topological polar surface area (TPSA) is 69.7 Å². The molecule has 2 aromatic rings. The number of urea groups is 1. The fourth-order valence-corrected chi connectivity index (χ4v) is 5.11. The molecule has 8 heteroatoms. The molecule has 1 fully saturated rings. The van der Waals surface area contributed by atoms with Gasteiger partial charge in [0.25, 0.3) is 11.8 Å². The van der Waals surface area contributed by atoms with Crippen molar-refractivity contribution in [3.8, 4) is 0 Å². The van der Waals surface area contributed by atoms with Crippen molar-refractivity contribution in [2.45, 2.75) is 46.6 Å². The van der Waals surface area contributed by atoms with E-state index in [0.29, 0.717) is 0 Å². The second kappa shape index (κ2) is 9.17. The van der Waals surface area contributed by atoms with Gasteiger partial charge in [0, 0.05) is 17.8 Å². The molecule has 1 saturated heterocycles. The predicted molar refractivity (Wildman–Crippen MR) is 142 cm³/mol. The Labute approximate surface area is 215 Å². The van der Waals surface area contributed by atoms with Gasteiger partial charge < -0.3 is 4.90 Å². The number of fused-ring (bicyclic) bond motifs is 1. The first kappa shape index (κ1) is 25.0. The van der Waals surface area contributed by atoms with E-state index in [4.69, 9.17) is 23.2 Å². The Balaban J connectivity index is 1.81. The molecular formula is C27H27Cl2N3O3. The summed E-state index contributed by atoms with van der Waals surface area (Å²) >= 11 is 12.4. The van der Waals surface area contributed by atoms with E-state index in [1.807, 2.05) is 13.0 Å². The third kappa shape index (κ3) is 4.37. The van der Waals surface area contributed by atoms with Gasteiger partial charge in [-0.05, 0) is 81.2 Å². The van der Waals surface area contributed by atoms with E-state index in [2.05, 4.69) is 50.1 Å². The van der Waals surface area contributed by atoms with E-state index < -0.39 is 17.8 Å². The summed E-state index contributed by atoms with van der Waals surface area (Å²) in [5.74, 6) is -1.52. The van der Waals surface area contributed by atoms with E-state index in [-0.39, 0.29) is 26.8 Å². The van der Waals surface area contributed by atoms with Crippen LogP contribution in [0.5, 0.6) is 0 Å². The van der Waals surface area contributed by atoms with Gasteiger partial charge in [-0.25, -0.2) is 9.69 Å². The van der Waals surface area contributed by atoms with Crippen LogP contribution in [0.3, 0.4) is 0 Å².